The predicted molar refractivity (Wildman–Crippen MR) is 92.5 cm³/mol. The van der Waals surface area contributed by atoms with Crippen molar-refractivity contribution in [1.29, 1.82) is 0 Å². The molecule has 0 aliphatic carbocycles. The summed E-state index contributed by atoms with van der Waals surface area (Å²) in [6.07, 6.45) is 0. The molecule has 2 aromatic rings. The molecule has 0 fully saturated rings. The molecule has 0 saturated carbocycles. The predicted octanol–water partition coefficient (Wildman–Crippen LogP) is 3.57. The average Bonchev–Trinajstić information content (AvgIpc) is 2.52. The Morgan fingerprint density at radius 1 is 1.05 bits per heavy atom. The van der Waals surface area contributed by atoms with Crippen LogP contribution in [0.1, 0.15) is 11.1 Å². The van der Waals surface area contributed by atoms with Crippen LogP contribution in [0.15, 0.2) is 48.5 Å². The minimum atomic E-state index is 0.548. The van der Waals surface area contributed by atoms with Crippen molar-refractivity contribution in [1.82, 2.24) is 10.2 Å². The fourth-order valence-corrected chi connectivity index (χ4v) is 2.18. The molecule has 0 aliphatic rings. The summed E-state index contributed by atoms with van der Waals surface area (Å²) in [4.78, 5) is 2.16. The molecule has 0 saturated heterocycles. The van der Waals surface area contributed by atoms with Crippen LogP contribution < -0.4 is 10.1 Å². The Bertz CT molecular complexity index is 570. The van der Waals surface area contributed by atoms with Gasteiger partial charge in [0, 0.05) is 30.2 Å². The van der Waals surface area contributed by atoms with Gasteiger partial charge in [-0.15, -0.1) is 0 Å². The van der Waals surface area contributed by atoms with Gasteiger partial charge in [-0.3, -0.25) is 0 Å². The number of benzene rings is 2. The van der Waals surface area contributed by atoms with Crippen LogP contribution in [0.5, 0.6) is 5.75 Å². The summed E-state index contributed by atoms with van der Waals surface area (Å²) in [5.41, 5.74) is 2.29. The highest BCUT2D eigenvalue weighted by atomic mass is 35.5. The van der Waals surface area contributed by atoms with Crippen LogP contribution in [-0.2, 0) is 13.2 Å². The van der Waals surface area contributed by atoms with E-state index in [2.05, 4.69) is 30.4 Å². The molecule has 0 heterocycles. The smallest absolute Gasteiger partial charge is 0.124 e. The molecule has 0 aliphatic heterocycles. The maximum absolute atomic E-state index is 5.95. The van der Waals surface area contributed by atoms with Crippen LogP contribution in [0.25, 0.3) is 0 Å². The molecule has 118 valence electrons. The summed E-state index contributed by atoms with van der Waals surface area (Å²) in [6, 6.07) is 15.9. The highest BCUT2D eigenvalue weighted by Crippen LogP contribution is 2.19. The summed E-state index contributed by atoms with van der Waals surface area (Å²) >= 11 is 5.89. The Kier molecular flexibility index (Phi) is 6.72. The molecule has 4 heteroatoms. The number of hydrogen-bond acceptors (Lipinski definition) is 3. The van der Waals surface area contributed by atoms with Crippen LogP contribution >= 0.6 is 11.6 Å². The number of para-hydroxylation sites is 1. The molecule has 0 aromatic heterocycles. The van der Waals surface area contributed by atoms with Gasteiger partial charge in [-0.05, 0) is 37.9 Å². The molecule has 0 unspecified atom stereocenters. The Hall–Kier alpha value is -1.55. The lowest BCUT2D eigenvalue weighted by atomic mass is 10.2. The molecule has 3 nitrogen and oxygen atoms in total. The van der Waals surface area contributed by atoms with E-state index >= 15 is 0 Å². The van der Waals surface area contributed by atoms with Gasteiger partial charge in [-0.2, -0.15) is 0 Å². The van der Waals surface area contributed by atoms with Gasteiger partial charge < -0.3 is 15.0 Å². The average molecular weight is 319 g/mol. The van der Waals surface area contributed by atoms with E-state index < -0.39 is 0 Å². The fourth-order valence-electron chi connectivity index (χ4n) is 2.06. The van der Waals surface area contributed by atoms with Gasteiger partial charge >= 0.3 is 0 Å². The second-order valence-corrected chi connectivity index (χ2v) is 5.94. The van der Waals surface area contributed by atoms with Crippen molar-refractivity contribution in [3.63, 3.8) is 0 Å². The Labute approximate surface area is 137 Å². The first kappa shape index (κ1) is 16.8. The van der Waals surface area contributed by atoms with E-state index in [0.717, 1.165) is 36.0 Å². The van der Waals surface area contributed by atoms with Crippen LogP contribution in [-0.4, -0.2) is 32.1 Å². The molecular formula is C18H23ClN2O. The number of likely N-dealkylation sites (N-methyl/N-ethyl adjacent to an activating group) is 1. The number of nitrogens with zero attached hydrogens (tertiary/aromatic N) is 1. The Morgan fingerprint density at radius 3 is 2.50 bits per heavy atom. The maximum atomic E-state index is 5.95. The fraction of sp³-hybridized carbons (Fsp3) is 0.333. The minimum absolute atomic E-state index is 0.548. The topological polar surface area (TPSA) is 24.5 Å². The molecular weight excluding hydrogens is 296 g/mol. The summed E-state index contributed by atoms with van der Waals surface area (Å²) < 4.78 is 5.95. The van der Waals surface area contributed by atoms with Crippen LogP contribution in [0.4, 0.5) is 0 Å². The van der Waals surface area contributed by atoms with Gasteiger partial charge in [0.05, 0.1) is 0 Å². The first-order valence-electron chi connectivity index (χ1n) is 7.46. The zero-order chi connectivity index (χ0) is 15.8. The van der Waals surface area contributed by atoms with Crippen molar-refractivity contribution in [3.05, 3.63) is 64.7 Å². The van der Waals surface area contributed by atoms with Gasteiger partial charge in [0.2, 0.25) is 0 Å². The van der Waals surface area contributed by atoms with Gasteiger partial charge in [-0.25, -0.2) is 0 Å². The SMILES string of the molecule is CN(C)CCNCc1ccccc1OCc1ccc(Cl)cc1. The maximum Gasteiger partial charge on any atom is 0.124 e. The highest BCUT2D eigenvalue weighted by Gasteiger charge is 2.03. The third-order valence-corrected chi connectivity index (χ3v) is 3.58. The molecule has 0 bridgehead atoms. The lowest BCUT2D eigenvalue weighted by Gasteiger charge is -2.14. The zero-order valence-corrected chi connectivity index (χ0v) is 13.9. The van der Waals surface area contributed by atoms with Crippen molar-refractivity contribution in [2.24, 2.45) is 0 Å². The third-order valence-electron chi connectivity index (χ3n) is 3.33. The molecule has 22 heavy (non-hydrogen) atoms. The lowest BCUT2D eigenvalue weighted by Crippen LogP contribution is -2.26. The molecule has 2 aromatic carbocycles. The van der Waals surface area contributed by atoms with E-state index in [1.165, 1.54) is 5.56 Å². The minimum Gasteiger partial charge on any atom is -0.489 e. The third kappa shape index (κ3) is 5.68. The van der Waals surface area contributed by atoms with Crippen LogP contribution in [0.3, 0.4) is 0 Å². The van der Waals surface area contributed by atoms with E-state index in [0.29, 0.717) is 6.61 Å². The Balaban J connectivity index is 1.89. The van der Waals surface area contributed by atoms with Gasteiger partial charge in [-0.1, -0.05) is 41.9 Å². The summed E-state index contributed by atoms with van der Waals surface area (Å²) in [5, 5.41) is 4.18. The first-order valence-corrected chi connectivity index (χ1v) is 7.83. The molecule has 0 atom stereocenters. The number of hydrogen-bond donors (Lipinski definition) is 1. The normalized spacial score (nSPS) is 10.9. The molecule has 0 spiro atoms. The number of nitrogens with one attached hydrogen (secondary N) is 1. The number of ether oxygens (including phenoxy) is 1. The monoisotopic (exact) mass is 318 g/mol. The largest absolute Gasteiger partial charge is 0.489 e. The van der Waals surface area contributed by atoms with Crippen molar-refractivity contribution >= 4 is 11.6 Å². The molecule has 1 N–H and O–H groups in total. The van der Waals surface area contributed by atoms with Crippen molar-refractivity contribution < 1.29 is 4.74 Å². The quantitative estimate of drug-likeness (QED) is 0.753. The van der Waals surface area contributed by atoms with Gasteiger partial charge in [0.1, 0.15) is 12.4 Å². The summed E-state index contributed by atoms with van der Waals surface area (Å²) in [6.45, 7) is 3.34. The summed E-state index contributed by atoms with van der Waals surface area (Å²) in [7, 11) is 4.15. The molecule has 2 rings (SSSR count). The number of halogens is 1. The standard InChI is InChI=1S/C18H23ClN2O/c1-21(2)12-11-20-13-16-5-3-4-6-18(16)22-14-15-7-9-17(19)10-8-15/h3-10,20H,11-14H2,1-2H3. The number of rotatable bonds is 8. The van der Waals surface area contributed by atoms with E-state index in [4.69, 9.17) is 16.3 Å². The molecule has 0 amide bonds. The van der Waals surface area contributed by atoms with Crippen LogP contribution in [0, 0.1) is 0 Å². The second kappa shape index (κ2) is 8.79. The lowest BCUT2D eigenvalue weighted by molar-refractivity contribution is 0.302. The Morgan fingerprint density at radius 2 is 1.77 bits per heavy atom. The van der Waals surface area contributed by atoms with Crippen LogP contribution in [0.2, 0.25) is 5.02 Å². The highest BCUT2D eigenvalue weighted by molar-refractivity contribution is 6.30. The van der Waals surface area contributed by atoms with Crippen molar-refractivity contribution in [2.45, 2.75) is 13.2 Å². The van der Waals surface area contributed by atoms with Gasteiger partial charge in [0.15, 0.2) is 0 Å². The van der Waals surface area contributed by atoms with E-state index in [1.54, 1.807) is 0 Å². The zero-order valence-electron chi connectivity index (χ0n) is 13.2. The van der Waals surface area contributed by atoms with Crippen molar-refractivity contribution in [3.8, 4) is 5.75 Å². The first-order chi connectivity index (χ1) is 10.6. The van der Waals surface area contributed by atoms with E-state index in [1.807, 2.05) is 42.5 Å². The van der Waals surface area contributed by atoms with E-state index in [-0.39, 0.29) is 0 Å². The van der Waals surface area contributed by atoms with Crippen molar-refractivity contribution in [2.75, 3.05) is 27.2 Å². The second-order valence-electron chi connectivity index (χ2n) is 5.50. The van der Waals surface area contributed by atoms with E-state index in [9.17, 15) is 0 Å². The molecule has 0 radical (unpaired) electrons. The van der Waals surface area contributed by atoms with Gasteiger partial charge in [0.25, 0.3) is 0 Å². The summed E-state index contributed by atoms with van der Waals surface area (Å²) in [5.74, 6) is 0.926.